The van der Waals surface area contributed by atoms with Gasteiger partial charge >= 0.3 is 11.9 Å². The number of aliphatic carboxylic acids is 1. The highest BCUT2D eigenvalue weighted by Gasteiger charge is 2.25. The minimum atomic E-state index is -1.18. The van der Waals surface area contributed by atoms with E-state index in [2.05, 4.69) is 45.4 Å². The van der Waals surface area contributed by atoms with E-state index in [9.17, 15) is 29.4 Å². The van der Waals surface area contributed by atoms with Crippen molar-refractivity contribution in [1.29, 1.82) is 0 Å². The summed E-state index contributed by atoms with van der Waals surface area (Å²) < 4.78 is 9.48. The van der Waals surface area contributed by atoms with Crippen molar-refractivity contribution in [3.05, 3.63) is 104 Å². The van der Waals surface area contributed by atoms with Crippen LogP contribution < -0.4 is 25.5 Å². The number of carboxylic acid groups (broad SMARTS) is 2. The molecule has 3 aromatic rings. The van der Waals surface area contributed by atoms with Crippen LogP contribution in [0.3, 0.4) is 0 Å². The standard InChI is InChI=1S/C41H43IN4O7/c1-45(2)28-16-19-31-35(23-28)53-36-24-29(46(3)4)17-20-32(36)38(31)33-22-26(13-18-30(33)40(49)50)39(48)44-34(41(51)52)9-5-6-21-43-37(47)10-7-8-25-11-14-27(42)15-12-25/h11-20,22-24,34H,5-10,21H2,1-4H3,(H3-,43,44,47,48,49,50,51,52)/p+1/t34-/m1/s1. The van der Waals surface area contributed by atoms with Gasteiger partial charge in [0.2, 0.25) is 11.3 Å². The summed E-state index contributed by atoms with van der Waals surface area (Å²) in [5.41, 5.74) is 4.23. The Labute approximate surface area is 321 Å². The Morgan fingerprint density at radius 1 is 0.868 bits per heavy atom. The lowest BCUT2D eigenvalue weighted by Gasteiger charge is -2.20. The maximum Gasteiger partial charge on any atom is 0.336 e. The van der Waals surface area contributed by atoms with Crippen LogP contribution >= 0.6 is 22.6 Å². The molecule has 5 rings (SSSR count). The molecule has 1 atom stereocenters. The highest BCUT2D eigenvalue weighted by molar-refractivity contribution is 14.1. The fourth-order valence-corrected chi connectivity index (χ4v) is 6.55. The molecule has 0 unspecified atom stereocenters. The molecule has 2 amide bonds. The molecule has 276 valence electrons. The molecule has 3 aromatic carbocycles. The Balaban J connectivity index is 1.32. The van der Waals surface area contributed by atoms with Gasteiger partial charge in [0.05, 0.1) is 11.6 Å². The lowest BCUT2D eigenvalue weighted by atomic mass is 9.89. The minimum Gasteiger partial charge on any atom is -0.480 e. The number of hydrogen-bond acceptors (Lipinski definition) is 6. The molecule has 0 spiro atoms. The molecule has 0 fully saturated rings. The number of aryl methyl sites for hydroxylation is 1. The molecule has 1 heterocycles. The minimum absolute atomic E-state index is 0.0181. The van der Waals surface area contributed by atoms with Crippen LogP contribution in [0.5, 0.6) is 0 Å². The first-order valence-corrected chi connectivity index (χ1v) is 18.5. The number of unbranched alkanes of at least 4 members (excludes halogenated alkanes) is 1. The average molecular weight is 832 g/mol. The van der Waals surface area contributed by atoms with Crippen molar-refractivity contribution in [2.24, 2.45) is 0 Å². The second-order valence-electron chi connectivity index (χ2n) is 13.4. The van der Waals surface area contributed by atoms with Gasteiger partial charge in [-0.25, -0.2) is 14.2 Å². The van der Waals surface area contributed by atoms with E-state index in [1.807, 2.05) is 86.2 Å². The van der Waals surface area contributed by atoms with Crippen LogP contribution in [0.2, 0.25) is 0 Å². The third-order valence-corrected chi connectivity index (χ3v) is 9.85. The van der Waals surface area contributed by atoms with Crippen molar-refractivity contribution in [1.82, 2.24) is 15.2 Å². The first-order chi connectivity index (χ1) is 25.3. The molecule has 2 aliphatic rings. The lowest BCUT2D eigenvalue weighted by Crippen LogP contribution is -2.40. The zero-order chi connectivity index (χ0) is 38.2. The number of aromatic carboxylic acids is 1. The van der Waals surface area contributed by atoms with Gasteiger partial charge < -0.3 is 30.2 Å². The summed E-state index contributed by atoms with van der Waals surface area (Å²) in [7, 11) is 7.65. The smallest absolute Gasteiger partial charge is 0.336 e. The summed E-state index contributed by atoms with van der Waals surface area (Å²) in [6.07, 6.45) is 3.11. The molecule has 4 N–H and O–H groups in total. The molecule has 11 nitrogen and oxygen atoms in total. The fourth-order valence-electron chi connectivity index (χ4n) is 6.19. The molecular formula is C41H44IN4O7+. The van der Waals surface area contributed by atoms with Crippen LogP contribution in [-0.4, -0.2) is 74.7 Å². The predicted molar refractivity (Wildman–Crippen MR) is 215 cm³/mol. The molecule has 0 radical (unpaired) electrons. The van der Waals surface area contributed by atoms with Crippen molar-refractivity contribution in [2.45, 2.75) is 44.6 Å². The predicted octanol–water partition coefficient (Wildman–Crippen LogP) is 6.10. The number of carbonyl (C=O) groups excluding carboxylic acids is 2. The number of carboxylic acids is 2. The van der Waals surface area contributed by atoms with Gasteiger partial charge in [0.15, 0.2) is 0 Å². The van der Waals surface area contributed by atoms with Crippen molar-refractivity contribution >= 4 is 63.0 Å². The molecule has 0 saturated carbocycles. The van der Waals surface area contributed by atoms with E-state index in [0.29, 0.717) is 59.2 Å². The molecular weight excluding hydrogens is 787 g/mol. The summed E-state index contributed by atoms with van der Waals surface area (Å²) in [5, 5.41) is 27.3. The second-order valence-corrected chi connectivity index (χ2v) is 14.6. The van der Waals surface area contributed by atoms with E-state index < -0.39 is 23.9 Å². The van der Waals surface area contributed by atoms with Gasteiger partial charge in [-0.05, 0) is 114 Å². The number of hydrogen-bond donors (Lipinski definition) is 4. The molecule has 0 bridgehead atoms. The summed E-state index contributed by atoms with van der Waals surface area (Å²) in [4.78, 5) is 52.6. The summed E-state index contributed by atoms with van der Waals surface area (Å²) in [5.74, 6) is -2.52. The summed E-state index contributed by atoms with van der Waals surface area (Å²) >= 11 is 2.26. The second kappa shape index (κ2) is 17.5. The van der Waals surface area contributed by atoms with Gasteiger partial charge in [-0.15, -0.1) is 0 Å². The molecule has 53 heavy (non-hydrogen) atoms. The number of carbonyl (C=O) groups is 4. The van der Waals surface area contributed by atoms with E-state index in [1.165, 1.54) is 23.8 Å². The van der Waals surface area contributed by atoms with Crippen molar-refractivity contribution in [3.63, 3.8) is 0 Å². The number of halogens is 1. The Morgan fingerprint density at radius 2 is 1.62 bits per heavy atom. The number of anilines is 1. The number of nitrogens with one attached hydrogen (secondary N) is 2. The third-order valence-electron chi connectivity index (χ3n) is 9.13. The van der Waals surface area contributed by atoms with Gasteiger partial charge in [-0.1, -0.05) is 12.1 Å². The highest BCUT2D eigenvalue weighted by atomic mass is 127. The summed E-state index contributed by atoms with van der Waals surface area (Å²) in [6.45, 7) is 0.403. The maximum atomic E-state index is 13.6. The topological polar surface area (TPSA) is 152 Å². The number of rotatable bonds is 15. The Kier molecular flexibility index (Phi) is 12.9. The Bertz CT molecular complexity index is 2190. The lowest BCUT2D eigenvalue weighted by molar-refractivity contribution is -0.139. The average Bonchev–Trinajstić information content (AvgIpc) is 3.12. The van der Waals surface area contributed by atoms with Crippen LogP contribution in [0.25, 0.3) is 33.4 Å². The highest BCUT2D eigenvalue weighted by Crippen LogP contribution is 2.42. The molecule has 0 aromatic heterocycles. The fraction of sp³-hybridized carbons (Fsp3) is 0.293. The van der Waals surface area contributed by atoms with E-state index in [4.69, 9.17) is 4.42 Å². The van der Waals surface area contributed by atoms with Crippen molar-refractivity contribution < 1.29 is 33.8 Å². The number of fused-ring (bicyclic) bond motifs is 2. The first-order valence-electron chi connectivity index (χ1n) is 17.4. The number of benzene rings is 4. The van der Waals surface area contributed by atoms with Gasteiger partial charge in [-0.2, -0.15) is 0 Å². The van der Waals surface area contributed by atoms with E-state index >= 15 is 0 Å². The largest absolute Gasteiger partial charge is 0.480 e. The summed E-state index contributed by atoms with van der Waals surface area (Å²) in [6, 6.07) is 22.6. The van der Waals surface area contributed by atoms with Gasteiger partial charge in [-0.3, -0.25) is 9.59 Å². The Morgan fingerprint density at radius 3 is 2.30 bits per heavy atom. The maximum absolute atomic E-state index is 13.6. The molecule has 1 aliphatic heterocycles. The van der Waals surface area contributed by atoms with Crippen LogP contribution in [0.15, 0.2) is 83.3 Å². The van der Waals surface area contributed by atoms with E-state index in [-0.39, 0.29) is 23.5 Å². The normalized spacial score (nSPS) is 11.6. The van der Waals surface area contributed by atoms with Crippen LogP contribution in [0.4, 0.5) is 5.69 Å². The number of amides is 2. The molecule has 12 heteroatoms. The SMILES string of the molecule is CN(C)c1ccc2c(-c3cc(C(=O)N[C@H](CCCCNC(=O)CCCc4ccc(I)cc4)C(=O)O)ccc3C(=O)O)c3ccc(=[N+](C)C)cc-3oc2c1. The van der Waals surface area contributed by atoms with Gasteiger partial charge in [0.25, 0.3) is 5.91 Å². The van der Waals surface area contributed by atoms with Crippen molar-refractivity contribution in [3.8, 4) is 22.5 Å². The molecule has 1 aliphatic carbocycles. The first kappa shape index (κ1) is 39.0. The Hall–Kier alpha value is -5.24. The number of nitrogens with zero attached hydrogens (tertiary/aromatic N) is 2. The van der Waals surface area contributed by atoms with Crippen molar-refractivity contribution in [2.75, 3.05) is 39.6 Å². The molecule has 0 saturated heterocycles. The quantitative estimate of drug-likeness (QED) is 0.0428. The zero-order valence-electron chi connectivity index (χ0n) is 30.2. The van der Waals surface area contributed by atoms with Gasteiger partial charge in [0.1, 0.15) is 31.5 Å². The van der Waals surface area contributed by atoms with Crippen LogP contribution in [0, 0.1) is 3.57 Å². The zero-order valence-corrected chi connectivity index (χ0v) is 32.4. The van der Waals surface area contributed by atoms with Crippen LogP contribution in [-0.2, 0) is 16.0 Å². The van der Waals surface area contributed by atoms with Gasteiger partial charge in [0, 0.05) is 70.5 Å². The van der Waals surface area contributed by atoms with E-state index in [1.54, 1.807) is 0 Å². The van der Waals surface area contributed by atoms with Crippen LogP contribution in [0.1, 0.15) is 58.4 Å². The monoisotopic (exact) mass is 831 g/mol. The third kappa shape index (κ3) is 9.80. The van der Waals surface area contributed by atoms with E-state index in [0.717, 1.165) is 27.5 Å².